The highest BCUT2D eigenvalue weighted by Gasteiger charge is 2.25. The van der Waals surface area contributed by atoms with Crippen LogP contribution in [0, 0.1) is 18.3 Å². The molecule has 0 amide bonds. The molecule has 0 spiro atoms. The first kappa shape index (κ1) is 16.8. The van der Waals surface area contributed by atoms with Crippen molar-refractivity contribution < 1.29 is 0 Å². The summed E-state index contributed by atoms with van der Waals surface area (Å²) in [4.78, 5) is 7.20. The zero-order valence-electron chi connectivity index (χ0n) is 16.1. The van der Waals surface area contributed by atoms with Crippen molar-refractivity contribution in [3.05, 3.63) is 59.4 Å². The molecule has 4 heterocycles. The number of benzene rings is 1. The first-order valence-corrected chi connectivity index (χ1v) is 9.71. The van der Waals surface area contributed by atoms with Crippen molar-refractivity contribution in [2.24, 2.45) is 7.05 Å². The van der Waals surface area contributed by atoms with Crippen LogP contribution < -0.4 is 4.90 Å². The molecule has 6 nitrogen and oxygen atoms in total. The minimum atomic E-state index is 0.540. The molecule has 0 saturated carbocycles. The molecule has 1 aromatic carbocycles. The summed E-state index contributed by atoms with van der Waals surface area (Å²) >= 11 is 0. The lowest BCUT2D eigenvalue weighted by molar-refractivity contribution is 0.475. The summed E-state index contributed by atoms with van der Waals surface area (Å²) in [6, 6.07) is 14.7. The Morgan fingerprint density at radius 2 is 1.93 bits per heavy atom. The third kappa shape index (κ3) is 2.47. The van der Waals surface area contributed by atoms with E-state index < -0.39 is 0 Å². The summed E-state index contributed by atoms with van der Waals surface area (Å²) in [6.45, 7) is 3.95. The molecule has 0 aliphatic carbocycles. The highest BCUT2D eigenvalue weighted by Crippen LogP contribution is 2.33. The van der Waals surface area contributed by atoms with Crippen LogP contribution in [-0.2, 0) is 7.05 Å². The maximum atomic E-state index is 9.68. The summed E-state index contributed by atoms with van der Waals surface area (Å²) in [5.41, 5.74) is 5.69. The average Bonchev–Trinajstić information content (AvgIpc) is 3.31. The fraction of sp³-hybridized carbons (Fsp3) is 0.318. The van der Waals surface area contributed by atoms with E-state index >= 15 is 0 Å². The first-order chi connectivity index (χ1) is 13.7. The van der Waals surface area contributed by atoms with E-state index in [-0.39, 0.29) is 0 Å². The van der Waals surface area contributed by atoms with E-state index in [1.807, 2.05) is 43.0 Å². The Hall–Kier alpha value is -3.33. The number of piperidine rings is 1. The predicted octanol–water partition coefficient (Wildman–Crippen LogP) is 3.79. The zero-order chi connectivity index (χ0) is 19.3. The van der Waals surface area contributed by atoms with Crippen molar-refractivity contribution in [1.82, 2.24) is 19.2 Å². The molecule has 5 rings (SSSR count). The number of pyridine rings is 1. The Labute approximate surface area is 163 Å². The van der Waals surface area contributed by atoms with Crippen LogP contribution >= 0.6 is 0 Å². The molecular weight excluding hydrogens is 348 g/mol. The van der Waals surface area contributed by atoms with Gasteiger partial charge in [-0.2, -0.15) is 10.4 Å². The number of para-hydroxylation sites is 2. The lowest BCUT2D eigenvalue weighted by atomic mass is 9.93. The number of fused-ring (bicyclic) bond motifs is 3. The normalized spacial score (nSPS) is 15.4. The third-order valence-electron chi connectivity index (χ3n) is 5.96. The molecule has 0 radical (unpaired) electrons. The Morgan fingerprint density at radius 3 is 2.64 bits per heavy atom. The van der Waals surface area contributed by atoms with Crippen LogP contribution in [0.5, 0.6) is 0 Å². The van der Waals surface area contributed by atoms with Gasteiger partial charge in [0.15, 0.2) is 5.65 Å². The van der Waals surface area contributed by atoms with Crippen molar-refractivity contribution in [1.29, 1.82) is 5.26 Å². The van der Waals surface area contributed by atoms with E-state index in [1.54, 1.807) is 0 Å². The molecule has 4 aromatic rings. The highest BCUT2D eigenvalue weighted by molar-refractivity contribution is 5.85. The van der Waals surface area contributed by atoms with Gasteiger partial charge in [-0.1, -0.05) is 12.1 Å². The van der Waals surface area contributed by atoms with E-state index in [9.17, 15) is 5.26 Å². The quantitative estimate of drug-likeness (QED) is 0.539. The second-order valence-corrected chi connectivity index (χ2v) is 7.57. The minimum Gasteiger partial charge on any atom is -0.358 e. The lowest BCUT2D eigenvalue weighted by Gasteiger charge is -2.34. The van der Waals surface area contributed by atoms with E-state index in [0.717, 1.165) is 54.0 Å². The van der Waals surface area contributed by atoms with Crippen molar-refractivity contribution >= 4 is 22.5 Å². The monoisotopic (exact) mass is 370 g/mol. The van der Waals surface area contributed by atoms with Crippen LogP contribution in [0.2, 0.25) is 0 Å². The Morgan fingerprint density at radius 1 is 1.14 bits per heavy atom. The molecule has 1 aliphatic rings. The van der Waals surface area contributed by atoms with Crippen molar-refractivity contribution in [2.75, 3.05) is 18.0 Å². The van der Waals surface area contributed by atoms with Crippen LogP contribution in [0.1, 0.15) is 35.6 Å². The van der Waals surface area contributed by atoms with E-state index in [1.165, 1.54) is 5.69 Å². The van der Waals surface area contributed by atoms with E-state index in [2.05, 4.69) is 38.7 Å². The van der Waals surface area contributed by atoms with E-state index in [0.29, 0.717) is 11.5 Å². The lowest BCUT2D eigenvalue weighted by Crippen LogP contribution is -2.34. The van der Waals surface area contributed by atoms with Crippen LogP contribution in [0.3, 0.4) is 0 Å². The molecule has 0 unspecified atom stereocenters. The molecular formula is C22H22N6. The molecule has 1 fully saturated rings. The number of imidazole rings is 1. The summed E-state index contributed by atoms with van der Waals surface area (Å²) < 4.78 is 4.15. The van der Waals surface area contributed by atoms with Crippen LogP contribution in [0.25, 0.3) is 16.7 Å². The second-order valence-electron chi connectivity index (χ2n) is 7.57. The average molecular weight is 370 g/mol. The molecule has 0 bridgehead atoms. The molecule has 3 aromatic heterocycles. The van der Waals surface area contributed by atoms with Crippen LogP contribution in [-0.4, -0.2) is 32.3 Å². The number of anilines is 1. The summed E-state index contributed by atoms with van der Waals surface area (Å²) in [5, 5.41) is 14.0. The molecule has 1 saturated heterocycles. The first-order valence-electron chi connectivity index (χ1n) is 9.71. The standard InChI is InChI=1S/C22H22N6/c1-15-13-21(27-11-8-16(9-12-27)19-7-10-24-26(19)2)28-20-6-4-3-5-18(20)25-22(28)17(15)14-23/h3-7,10,13,16H,8-9,11-12H2,1-2H3. The minimum absolute atomic E-state index is 0.540. The second kappa shape index (κ2) is 6.38. The van der Waals surface area contributed by atoms with Crippen LogP contribution in [0.4, 0.5) is 5.82 Å². The number of hydrogen-bond donors (Lipinski definition) is 0. The van der Waals surface area contributed by atoms with Gasteiger partial charge in [0.1, 0.15) is 11.9 Å². The smallest absolute Gasteiger partial charge is 0.157 e. The molecule has 28 heavy (non-hydrogen) atoms. The number of nitrogens with zero attached hydrogens (tertiary/aromatic N) is 6. The SMILES string of the molecule is Cc1cc(N2CCC(c3ccnn3C)CC2)n2c(nc3ccccc32)c1C#N. The van der Waals surface area contributed by atoms with Gasteiger partial charge in [0.2, 0.25) is 0 Å². The Balaban J connectivity index is 1.58. The van der Waals surface area contributed by atoms with Gasteiger partial charge >= 0.3 is 0 Å². The van der Waals surface area contributed by atoms with Crippen molar-refractivity contribution in [2.45, 2.75) is 25.7 Å². The van der Waals surface area contributed by atoms with Gasteiger partial charge in [-0.15, -0.1) is 0 Å². The Kier molecular flexibility index (Phi) is 3.83. The zero-order valence-corrected chi connectivity index (χ0v) is 16.1. The maximum Gasteiger partial charge on any atom is 0.157 e. The predicted molar refractivity (Wildman–Crippen MR) is 110 cm³/mol. The van der Waals surface area contributed by atoms with Gasteiger partial charge in [-0.05, 0) is 49.6 Å². The number of hydrogen-bond acceptors (Lipinski definition) is 4. The van der Waals surface area contributed by atoms with Gasteiger partial charge in [0.05, 0.1) is 16.6 Å². The van der Waals surface area contributed by atoms with Gasteiger partial charge in [0, 0.05) is 37.9 Å². The topological polar surface area (TPSA) is 62.1 Å². The fourth-order valence-corrected chi connectivity index (χ4v) is 4.49. The third-order valence-corrected chi connectivity index (χ3v) is 5.96. The molecule has 6 heteroatoms. The Bertz CT molecular complexity index is 1220. The van der Waals surface area contributed by atoms with E-state index in [4.69, 9.17) is 4.98 Å². The number of rotatable bonds is 2. The van der Waals surface area contributed by atoms with Gasteiger partial charge in [-0.3, -0.25) is 9.08 Å². The number of aromatic nitrogens is 4. The number of nitriles is 1. The van der Waals surface area contributed by atoms with Gasteiger partial charge in [0.25, 0.3) is 0 Å². The van der Waals surface area contributed by atoms with Crippen molar-refractivity contribution in [3.8, 4) is 6.07 Å². The molecule has 140 valence electrons. The highest BCUT2D eigenvalue weighted by atomic mass is 15.3. The molecule has 0 N–H and O–H groups in total. The summed E-state index contributed by atoms with van der Waals surface area (Å²) in [5.74, 6) is 1.67. The largest absolute Gasteiger partial charge is 0.358 e. The van der Waals surface area contributed by atoms with Crippen LogP contribution in [0.15, 0.2) is 42.6 Å². The van der Waals surface area contributed by atoms with Crippen molar-refractivity contribution in [3.63, 3.8) is 0 Å². The maximum absolute atomic E-state index is 9.68. The fourth-order valence-electron chi connectivity index (χ4n) is 4.49. The summed E-state index contributed by atoms with van der Waals surface area (Å²) in [7, 11) is 2.02. The van der Waals surface area contributed by atoms with Gasteiger partial charge in [-0.25, -0.2) is 4.98 Å². The number of aryl methyl sites for hydroxylation is 2. The summed E-state index contributed by atoms with van der Waals surface area (Å²) in [6.07, 6.45) is 4.06. The molecule has 1 aliphatic heterocycles. The molecule has 0 atom stereocenters. The van der Waals surface area contributed by atoms with Gasteiger partial charge < -0.3 is 4.90 Å².